The van der Waals surface area contributed by atoms with Gasteiger partial charge in [-0.05, 0) is 30.2 Å². The highest BCUT2D eigenvalue weighted by atomic mass is 32.2. The summed E-state index contributed by atoms with van der Waals surface area (Å²) in [6.07, 6.45) is 0.743. The Balaban J connectivity index is 0.00000124. The maximum absolute atomic E-state index is 12.5. The van der Waals surface area contributed by atoms with E-state index in [1.54, 1.807) is 6.07 Å². The zero-order chi connectivity index (χ0) is 29.2. The van der Waals surface area contributed by atoms with E-state index in [-0.39, 0.29) is 52.3 Å². The molecule has 3 rings (SSSR count). The van der Waals surface area contributed by atoms with Gasteiger partial charge >= 0.3 is 10.6 Å². The minimum Gasteiger partial charge on any atom is -0.368 e. The molecule has 15 nitrogen and oxygen atoms in total. The number of nitrogens with one attached hydrogen (secondary N) is 1. The quantitative estimate of drug-likeness (QED) is 0.181. The highest BCUT2D eigenvalue weighted by molar-refractivity contribution is 7.89. The van der Waals surface area contributed by atoms with E-state index in [2.05, 4.69) is 29.4 Å². The molecule has 0 saturated heterocycles. The molecule has 0 bridgehead atoms. The van der Waals surface area contributed by atoms with Crippen LogP contribution in [0.4, 0.5) is 17.3 Å². The molecule has 0 spiro atoms. The van der Waals surface area contributed by atoms with Crippen LogP contribution in [0.3, 0.4) is 0 Å². The normalized spacial score (nSPS) is 10.9. The van der Waals surface area contributed by atoms with Crippen molar-refractivity contribution in [2.75, 3.05) is 12.3 Å². The molecule has 2 aromatic carbocycles. The summed E-state index contributed by atoms with van der Waals surface area (Å²) in [6, 6.07) is 9.39. The van der Waals surface area contributed by atoms with Crippen LogP contribution in [0.15, 0.2) is 52.3 Å². The van der Waals surface area contributed by atoms with Crippen molar-refractivity contribution in [1.82, 2.24) is 19.7 Å². The van der Waals surface area contributed by atoms with E-state index in [1.165, 1.54) is 30.3 Å². The van der Waals surface area contributed by atoms with E-state index in [1.807, 2.05) is 0 Å². The molecule has 0 atom stereocenters. The van der Waals surface area contributed by atoms with Crippen molar-refractivity contribution in [2.45, 2.75) is 29.1 Å². The lowest BCUT2D eigenvalue weighted by molar-refractivity contribution is 0.483. The molecular weight excluding hydrogens is 574 g/mol. The maximum atomic E-state index is 12.5. The summed E-state index contributed by atoms with van der Waals surface area (Å²) in [6.45, 7) is 14.2. The molecule has 0 amide bonds. The summed E-state index contributed by atoms with van der Waals surface area (Å²) in [5.41, 5.74) is 6.33. The number of rotatable bonds is 9. The number of nitrogen functional groups attached to an aromatic ring is 1. The number of sulfonamides is 1. The van der Waals surface area contributed by atoms with Gasteiger partial charge in [-0.15, -0.1) is 12.6 Å². The Morgan fingerprint density at radius 3 is 2.15 bits per heavy atom. The number of nitrogens with two attached hydrogens (primary N) is 1. The fourth-order valence-electron chi connectivity index (χ4n) is 3.07. The minimum atomic E-state index is -4.35. The highest BCUT2D eigenvalue weighted by Gasteiger charge is 2.16. The monoisotopic (exact) mass is 593 g/mol. The first kappa shape index (κ1) is 30.9. The number of aromatic nitrogens is 3. The first-order valence-electron chi connectivity index (χ1n) is 10.5. The number of anilines is 1. The Labute approximate surface area is 225 Å². The van der Waals surface area contributed by atoms with Crippen molar-refractivity contribution >= 4 is 48.1 Å². The first-order chi connectivity index (χ1) is 18.2. The minimum absolute atomic E-state index is 0.0388. The van der Waals surface area contributed by atoms with Gasteiger partial charge in [0.25, 0.3) is 10.1 Å². The topological polar surface area (TPSA) is 225 Å². The van der Waals surface area contributed by atoms with Crippen molar-refractivity contribution in [1.29, 1.82) is 0 Å². The van der Waals surface area contributed by atoms with Gasteiger partial charge in [-0.3, -0.25) is 14.2 Å². The van der Waals surface area contributed by atoms with Gasteiger partial charge in [0.05, 0.1) is 22.9 Å². The van der Waals surface area contributed by atoms with Gasteiger partial charge in [0, 0.05) is 19.4 Å². The maximum Gasteiger partial charge on any atom is 0.425 e. The Kier molecular flexibility index (Phi) is 10.7. The van der Waals surface area contributed by atoms with Crippen LogP contribution in [0.1, 0.15) is 23.6 Å². The second kappa shape index (κ2) is 13.5. The smallest absolute Gasteiger partial charge is 0.368 e. The van der Waals surface area contributed by atoms with E-state index in [4.69, 9.17) is 31.5 Å². The van der Waals surface area contributed by atoms with E-state index in [0.717, 1.165) is 6.07 Å². The zero-order valence-corrected chi connectivity index (χ0v) is 22.2. The van der Waals surface area contributed by atoms with Crippen LogP contribution in [-0.2, 0) is 43.6 Å². The molecule has 0 fully saturated rings. The zero-order valence-electron chi connectivity index (χ0n) is 19.7. The van der Waals surface area contributed by atoms with Gasteiger partial charge in [0.15, 0.2) is 11.4 Å². The van der Waals surface area contributed by atoms with Crippen LogP contribution < -0.4 is 10.5 Å². The summed E-state index contributed by atoms with van der Waals surface area (Å²) in [4.78, 5) is 18.4. The first-order valence-corrected chi connectivity index (χ1v) is 14.4. The van der Waals surface area contributed by atoms with Crippen LogP contribution in [0.25, 0.3) is 9.69 Å². The summed E-state index contributed by atoms with van der Waals surface area (Å²) in [5.74, 6) is 0.574. The third kappa shape index (κ3) is 9.81. The lowest BCUT2D eigenvalue weighted by Gasteiger charge is -2.08. The predicted octanol–water partition coefficient (Wildman–Crippen LogP) is 1.30. The molecule has 18 heteroatoms. The van der Waals surface area contributed by atoms with Gasteiger partial charge < -0.3 is 5.73 Å². The van der Waals surface area contributed by atoms with Gasteiger partial charge in [0.1, 0.15) is 11.6 Å². The molecule has 0 unspecified atom stereocenters. The Morgan fingerprint density at radius 2 is 1.54 bits per heavy atom. The lowest BCUT2D eigenvalue weighted by atomic mass is 10.1. The van der Waals surface area contributed by atoms with Crippen molar-refractivity contribution in [3.05, 3.63) is 82.5 Å². The number of nitrogens with zero attached hydrogens (tertiary/aromatic N) is 5. The van der Waals surface area contributed by atoms with Gasteiger partial charge in [-0.1, -0.05) is 24.3 Å². The molecule has 0 aliphatic carbocycles. The molecule has 0 aliphatic heterocycles. The fraction of sp³-hybridized carbons (Fsp3) is 0.190. The molecule has 3 aromatic rings. The van der Waals surface area contributed by atoms with Crippen LogP contribution in [-0.4, -0.2) is 55.5 Å². The second-order valence-electron chi connectivity index (χ2n) is 7.40. The predicted molar refractivity (Wildman–Crippen MR) is 135 cm³/mol. The van der Waals surface area contributed by atoms with E-state index in [9.17, 15) is 21.4 Å². The Hall–Kier alpha value is -4.33. The molecule has 0 saturated carbocycles. The molecule has 1 aromatic heterocycles. The molecule has 39 heavy (non-hydrogen) atoms. The van der Waals surface area contributed by atoms with Crippen LogP contribution in [0, 0.1) is 13.1 Å². The highest BCUT2D eigenvalue weighted by Crippen LogP contribution is 2.30. The molecule has 1 heterocycles. The molecule has 4 N–H and O–H groups in total. The Bertz CT molecular complexity index is 1780. The number of hydrogen-bond acceptors (Lipinski definition) is 11. The fourth-order valence-corrected chi connectivity index (χ4v) is 4.71. The number of aryl methyl sites for hydroxylation is 1. The third-order valence-electron chi connectivity index (χ3n) is 4.67. The van der Waals surface area contributed by atoms with E-state index in [0.29, 0.717) is 17.8 Å². The van der Waals surface area contributed by atoms with Crippen molar-refractivity contribution < 1.29 is 34.0 Å². The van der Waals surface area contributed by atoms with Gasteiger partial charge in [0.2, 0.25) is 16.0 Å². The van der Waals surface area contributed by atoms with E-state index < -0.39 is 30.8 Å². The largest absolute Gasteiger partial charge is 0.425 e. The molecule has 204 valence electrons. The number of hydrogen-bond donors (Lipinski definition) is 3. The average Bonchev–Trinajstić information content (AvgIpc) is 2.85. The van der Waals surface area contributed by atoms with Gasteiger partial charge in [-0.2, -0.15) is 18.4 Å². The molecule has 0 radical (unpaired) electrons. The van der Waals surface area contributed by atoms with Crippen LogP contribution >= 0.6 is 0 Å². The average molecular weight is 594 g/mol. The summed E-state index contributed by atoms with van der Waals surface area (Å²) >= 11 is 0. The van der Waals surface area contributed by atoms with Crippen molar-refractivity contribution in [2.24, 2.45) is 0 Å². The molecular formula is C21H19N7O8S3. The standard InChI is InChI=1S/C21H19N7O5S2.O3S/c1-23-17-9-8-15(13-18(17)24-2)34(29,30)25-10-4-7-19-26-20(28-21(22)27-19)12-14-5-3-6-16(11-14)35(31,32)33;1-4(2)3/h3,5-6,8-9,11,13,25H,4,7,10,12H2,(H,31,32,33)(H2,22,26,27,28);. The van der Waals surface area contributed by atoms with Crippen LogP contribution in [0.2, 0.25) is 0 Å². The lowest BCUT2D eigenvalue weighted by Crippen LogP contribution is -2.25. The molecule has 0 aliphatic rings. The van der Waals surface area contributed by atoms with Gasteiger partial charge in [-0.25, -0.2) is 18.1 Å². The summed E-state index contributed by atoms with van der Waals surface area (Å²) < 4.78 is 84.7. The number of benzene rings is 2. The summed E-state index contributed by atoms with van der Waals surface area (Å²) in [5, 5.41) is 0. The SMILES string of the molecule is O=S(=O)=O.[C-]#[N+]c1ccc(S(=O)(=O)NCCCc2nc(N)nc(Cc3cccc(S(=O)(=O)O)c3)n2)cc1[N+]#[C-]. The second-order valence-corrected chi connectivity index (χ2v) is 11.0. The van der Waals surface area contributed by atoms with E-state index >= 15 is 0 Å². The summed E-state index contributed by atoms with van der Waals surface area (Å²) in [7, 11) is -11.4. The Morgan fingerprint density at radius 1 is 0.897 bits per heavy atom. The third-order valence-corrected chi connectivity index (χ3v) is 6.98. The van der Waals surface area contributed by atoms with Crippen LogP contribution in [0.5, 0.6) is 0 Å². The van der Waals surface area contributed by atoms with Crippen molar-refractivity contribution in [3.63, 3.8) is 0 Å². The van der Waals surface area contributed by atoms with Crippen molar-refractivity contribution in [3.8, 4) is 0 Å².